The molecule has 5 rings (SSSR count). The smallest absolute Gasteiger partial charge is 0.416 e. The average molecular weight is 642 g/mol. The normalized spacial score (nSPS) is 20.7. The number of nitrogens with zero attached hydrogens (tertiary/aromatic N) is 3. The Bertz CT molecular complexity index is 1540. The van der Waals surface area contributed by atoms with Crippen LogP contribution >= 0.6 is 0 Å². The predicted octanol–water partition coefficient (Wildman–Crippen LogP) is 5.88. The van der Waals surface area contributed by atoms with Crippen LogP contribution in [-0.2, 0) is 21.0 Å². The standard InChI is InChI=1S/C28H30F5N5O2S.CH2O2/c1-38(20-6-3-7-20)25-13-18(17-4-2-5-19(12-17)28(31,32)33)8-9-23(25)36-24-14-22(30)26(15-21(24)29)41(39,40)37-27-10-11-34-16-35-27;2-1-3/h2,4-5,10-12,14-16,18,20,23,25,36H,3,6-9,13H2,1H3,(H,34,35,37);1H,(H,2,3)/t18-,23-,25-;/m0./s1. The lowest BCUT2D eigenvalue weighted by Crippen LogP contribution is -2.53. The van der Waals surface area contributed by atoms with Gasteiger partial charge in [-0.1, -0.05) is 24.6 Å². The Kier molecular flexibility index (Phi) is 10.4. The van der Waals surface area contributed by atoms with Crippen LogP contribution < -0.4 is 10.0 Å². The lowest BCUT2D eigenvalue weighted by molar-refractivity contribution is -0.137. The molecule has 0 amide bonds. The van der Waals surface area contributed by atoms with Crippen molar-refractivity contribution in [2.45, 2.75) is 73.6 Å². The van der Waals surface area contributed by atoms with Gasteiger partial charge in [-0.05, 0) is 68.8 Å². The van der Waals surface area contributed by atoms with Crippen LogP contribution in [0.4, 0.5) is 33.5 Å². The Hall–Kier alpha value is -3.85. The molecule has 3 N–H and O–H groups in total. The molecule has 0 saturated heterocycles. The second kappa shape index (κ2) is 13.8. The number of anilines is 2. The summed E-state index contributed by atoms with van der Waals surface area (Å²) < 4.78 is 97.9. The van der Waals surface area contributed by atoms with Gasteiger partial charge in [0.2, 0.25) is 0 Å². The molecule has 3 atom stereocenters. The molecule has 2 fully saturated rings. The van der Waals surface area contributed by atoms with E-state index in [1.165, 1.54) is 24.4 Å². The Morgan fingerprint density at radius 2 is 1.77 bits per heavy atom. The lowest BCUT2D eigenvalue weighted by atomic mass is 9.76. The minimum absolute atomic E-state index is 0.0959. The Morgan fingerprint density at radius 3 is 2.39 bits per heavy atom. The number of carboxylic acid groups (broad SMARTS) is 1. The quantitative estimate of drug-likeness (QED) is 0.206. The summed E-state index contributed by atoms with van der Waals surface area (Å²) in [7, 11) is -2.51. The molecular formula is C29H32F5N5O4S. The number of nitrogens with one attached hydrogen (secondary N) is 2. The van der Waals surface area contributed by atoms with Crippen LogP contribution in [0.3, 0.4) is 0 Å². The van der Waals surface area contributed by atoms with Gasteiger partial charge in [0, 0.05) is 30.4 Å². The van der Waals surface area contributed by atoms with Crippen molar-refractivity contribution in [3.63, 3.8) is 0 Å². The highest BCUT2D eigenvalue weighted by molar-refractivity contribution is 7.92. The van der Waals surface area contributed by atoms with E-state index in [-0.39, 0.29) is 36.0 Å². The van der Waals surface area contributed by atoms with Crippen molar-refractivity contribution < 1.29 is 40.3 Å². The van der Waals surface area contributed by atoms with Crippen LogP contribution in [0, 0.1) is 11.6 Å². The highest BCUT2D eigenvalue weighted by atomic mass is 32.2. The molecule has 15 heteroatoms. The first-order valence-electron chi connectivity index (χ1n) is 13.9. The zero-order valence-electron chi connectivity index (χ0n) is 23.6. The summed E-state index contributed by atoms with van der Waals surface area (Å²) in [5, 5.41) is 9.98. The van der Waals surface area contributed by atoms with Crippen molar-refractivity contribution in [3.05, 3.63) is 77.8 Å². The van der Waals surface area contributed by atoms with Gasteiger partial charge in [0.1, 0.15) is 28.7 Å². The fourth-order valence-electron chi connectivity index (χ4n) is 5.69. The number of aromatic nitrogens is 2. The molecule has 3 aromatic rings. The number of carbonyl (C=O) groups is 1. The molecule has 238 valence electrons. The highest BCUT2D eigenvalue weighted by Crippen LogP contribution is 2.41. The second-order valence-electron chi connectivity index (χ2n) is 10.8. The summed E-state index contributed by atoms with van der Waals surface area (Å²) in [5.41, 5.74) is -0.271. The van der Waals surface area contributed by atoms with Gasteiger partial charge in [-0.25, -0.2) is 27.2 Å². The molecule has 2 aromatic carbocycles. The third-order valence-corrected chi connectivity index (χ3v) is 9.52. The van der Waals surface area contributed by atoms with Crippen LogP contribution in [0.5, 0.6) is 0 Å². The fraction of sp³-hybridized carbons (Fsp3) is 0.414. The molecule has 1 aromatic heterocycles. The van der Waals surface area contributed by atoms with Crippen molar-refractivity contribution in [1.29, 1.82) is 0 Å². The zero-order valence-corrected chi connectivity index (χ0v) is 24.5. The van der Waals surface area contributed by atoms with Gasteiger partial charge in [-0.2, -0.15) is 13.2 Å². The van der Waals surface area contributed by atoms with E-state index < -0.39 is 38.3 Å². The molecule has 0 spiro atoms. The summed E-state index contributed by atoms with van der Waals surface area (Å²) in [5.74, 6) is -2.32. The van der Waals surface area contributed by atoms with E-state index in [0.717, 1.165) is 37.7 Å². The molecule has 9 nitrogen and oxygen atoms in total. The van der Waals surface area contributed by atoms with E-state index in [4.69, 9.17) is 9.90 Å². The number of alkyl halides is 3. The van der Waals surface area contributed by atoms with Crippen molar-refractivity contribution in [3.8, 4) is 0 Å². The average Bonchev–Trinajstić information content (AvgIpc) is 2.94. The summed E-state index contributed by atoms with van der Waals surface area (Å²) in [6.07, 6.45) is 2.61. The number of hydrogen-bond acceptors (Lipinski definition) is 7. The zero-order chi connectivity index (χ0) is 32.1. The first-order valence-corrected chi connectivity index (χ1v) is 15.3. The molecule has 0 bridgehead atoms. The van der Waals surface area contributed by atoms with E-state index in [1.807, 2.05) is 7.05 Å². The molecule has 44 heavy (non-hydrogen) atoms. The Morgan fingerprint density at radius 1 is 1.05 bits per heavy atom. The molecule has 0 aliphatic heterocycles. The minimum Gasteiger partial charge on any atom is -0.483 e. The Labute approximate surface area is 251 Å². The maximum Gasteiger partial charge on any atom is 0.416 e. The Balaban J connectivity index is 0.00000141. The molecular weight excluding hydrogens is 609 g/mol. The van der Waals surface area contributed by atoms with E-state index in [9.17, 15) is 21.6 Å². The first kappa shape index (κ1) is 33.1. The lowest BCUT2D eigenvalue weighted by Gasteiger charge is -2.47. The van der Waals surface area contributed by atoms with E-state index in [0.29, 0.717) is 36.9 Å². The van der Waals surface area contributed by atoms with E-state index in [1.54, 1.807) is 6.07 Å². The number of rotatable bonds is 8. The maximum absolute atomic E-state index is 15.2. The second-order valence-corrected chi connectivity index (χ2v) is 12.4. The van der Waals surface area contributed by atoms with E-state index >= 15 is 8.78 Å². The fourth-order valence-corrected chi connectivity index (χ4v) is 6.77. The third-order valence-electron chi connectivity index (χ3n) is 8.15. The van der Waals surface area contributed by atoms with Crippen LogP contribution in [-0.4, -0.2) is 60.0 Å². The van der Waals surface area contributed by atoms with Crippen molar-refractivity contribution in [2.75, 3.05) is 17.1 Å². The monoisotopic (exact) mass is 641 g/mol. The number of likely N-dealkylation sites (N-methyl/N-ethyl adjacent to an activating group) is 1. The number of sulfonamides is 1. The van der Waals surface area contributed by atoms with Crippen LogP contribution in [0.2, 0.25) is 0 Å². The molecule has 2 saturated carbocycles. The predicted molar refractivity (Wildman–Crippen MR) is 153 cm³/mol. The van der Waals surface area contributed by atoms with Crippen LogP contribution in [0.1, 0.15) is 55.6 Å². The minimum atomic E-state index is -4.47. The van der Waals surface area contributed by atoms with Gasteiger partial charge in [0.25, 0.3) is 16.5 Å². The van der Waals surface area contributed by atoms with Gasteiger partial charge in [-0.3, -0.25) is 14.4 Å². The number of benzene rings is 2. The topological polar surface area (TPSA) is 125 Å². The van der Waals surface area contributed by atoms with Crippen molar-refractivity contribution in [2.24, 2.45) is 0 Å². The molecule has 2 aliphatic carbocycles. The highest BCUT2D eigenvalue weighted by Gasteiger charge is 2.39. The summed E-state index contributed by atoms with van der Waals surface area (Å²) in [6, 6.07) is 7.89. The largest absolute Gasteiger partial charge is 0.483 e. The summed E-state index contributed by atoms with van der Waals surface area (Å²) >= 11 is 0. The van der Waals surface area contributed by atoms with Crippen molar-refractivity contribution in [1.82, 2.24) is 14.9 Å². The van der Waals surface area contributed by atoms with Gasteiger partial charge < -0.3 is 10.4 Å². The molecule has 2 aliphatic rings. The van der Waals surface area contributed by atoms with Gasteiger partial charge in [0.05, 0.1) is 11.3 Å². The van der Waals surface area contributed by atoms with Crippen molar-refractivity contribution >= 4 is 28.0 Å². The molecule has 1 heterocycles. The number of halogens is 5. The summed E-state index contributed by atoms with van der Waals surface area (Å²) in [6.45, 7) is -0.250. The van der Waals surface area contributed by atoms with Gasteiger partial charge in [-0.15, -0.1) is 0 Å². The third kappa shape index (κ3) is 7.80. The van der Waals surface area contributed by atoms with Crippen LogP contribution in [0.25, 0.3) is 0 Å². The van der Waals surface area contributed by atoms with Crippen LogP contribution in [0.15, 0.2) is 59.9 Å². The van der Waals surface area contributed by atoms with Gasteiger partial charge in [0.15, 0.2) is 0 Å². The molecule has 0 unspecified atom stereocenters. The molecule has 0 radical (unpaired) electrons. The van der Waals surface area contributed by atoms with E-state index in [2.05, 4.69) is 24.9 Å². The number of hydrogen-bond donors (Lipinski definition) is 3. The SMILES string of the molecule is CN(C1CCC1)[C@H]1C[C@@H](c2cccc(C(F)(F)F)c2)CC[C@@H]1Nc1cc(F)c(S(=O)(=O)Nc2ccncn2)cc1F.O=CO. The first-order chi connectivity index (χ1) is 20.8. The maximum atomic E-state index is 15.2. The van der Waals surface area contributed by atoms with Gasteiger partial charge >= 0.3 is 6.18 Å². The summed E-state index contributed by atoms with van der Waals surface area (Å²) in [4.78, 5) is 17.1.